The Kier molecular flexibility index (Phi) is 5.86. The van der Waals surface area contributed by atoms with E-state index in [1.54, 1.807) is 0 Å². The van der Waals surface area contributed by atoms with Crippen LogP contribution in [-0.2, 0) is 5.41 Å². The summed E-state index contributed by atoms with van der Waals surface area (Å²) < 4.78 is 6.00. The van der Waals surface area contributed by atoms with Crippen LogP contribution in [-0.4, -0.2) is 19.2 Å². The highest BCUT2D eigenvalue weighted by Gasteiger charge is 2.19. The Labute approximate surface area is 118 Å². The molecule has 108 valence electrons. The van der Waals surface area contributed by atoms with Gasteiger partial charge < -0.3 is 10.1 Å². The van der Waals surface area contributed by atoms with Crippen molar-refractivity contribution in [1.82, 2.24) is 5.32 Å². The molecule has 0 spiro atoms. The molecule has 0 heterocycles. The molecule has 0 aliphatic rings. The monoisotopic (exact) mass is 263 g/mol. The topological polar surface area (TPSA) is 21.3 Å². The second-order valence-corrected chi connectivity index (χ2v) is 6.35. The molecule has 0 saturated heterocycles. The fourth-order valence-electron chi connectivity index (χ4n) is 2.15. The second-order valence-electron chi connectivity index (χ2n) is 6.35. The Morgan fingerprint density at radius 1 is 1.26 bits per heavy atom. The van der Waals surface area contributed by atoms with Gasteiger partial charge in [-0.25, -0.2) is 0 Å². The SMILES string of the molecule is CCNC(C)CCOc1ccc(C)cc1C(C)(C)C. The van der Waals surface area contributed by atoms with Crippen LogP contribution in [0.1, 0.15) is 52.2 Å². The predicted molar refractivity (Wildman–Crippen MR) is 83.1 cm³/mol. The largest absolute Gasteiger partial charge is 0.493 e. The van der Waals surface area contributed by atoms with Crippen LogP contribution in [0.4, 0.5) is 0 Å². The first kappa shape index (κ1) is 16.0. The van der Waals surface area contributed by atoms with Crippen molar-refractivity contribution in [2.24, 2.45) is 0 Å². The Balaban J connectivity index is 2.68. The minimum absolute atomic E-state index is 0.120. The van der Waals surface area contributed by atoms with E-state index in [0.29, 0.717) is 6.04 Å². The van der Waals surface area contributed by atoms with Crippen LogP contribution in [0.15, 0.2) is 18.2 Å². The van der Waals surface area contributed by atoms with Crippen LogP contribution in [0, 0.1) is 6.92 Å². The molecule has 2 nitrogen and oxygen atoms in total. The van der Waals surface area contributed by atoms with Crippen molar-refractivity contribution < 1.29 is 4.74 Å². The van der Waals surface area contributed by atoms with E-state index in [1.807, 2.05) is 0 Å². The summed E-state index contributed by atoms with van der Waals surface area (Å²) in [6, 6.07) is 6.98. The first-order valence-corrected chi connectivity index (χ1v) is 7.32. The first-order chi connectivity index (χ1) is 8.84. The highest BCUT2D eigenvalue weighted by Crippen LogP contribution is 2.32. The third kappa shape index (κ3) is 5.23. The molecule has 1 rings (SSSR count). The van der Waals surface area contributed by atoms with Gasteiger partial charge in [0.15, 0.2) is 0 Å². The van der Waals surface area contributed by atoms with E-state index >= 15 is 0 Å². The first-order valence-electron chi connectivity index (χ1n) is 7.32. The minimum Gasteiger partial charge on any atom is -0.493 e. The summed E-state index contributed by atoms with van der Waals surface area (Å²) in [6.45, 7) is 14.9. The summed E-state index contributed by atoms with van der Waals surface area (Å²) in [5, 5.41) is 3.41. The molecule has 0 radical (unpaired) electrons. The van der Waals surface area contributed by atoms with Gasteiger partial charge in [-0.05, 0) is 43.9 Å². The second kappa shape index (κ2) is 6.95. The quantitative estimate of drug-likeness (QED) is 0.835. The third-order valence-electron chi connectivity index (χ3n) is 3.30. The fraction of sp³-hybridized carbons (Fsp3) is 0.647. The number of hydrogen-bond donors (Lipinski definition) is 1. The van der Waals surface area contributed by atoms with Crippen molar-refractivity contribution in [3.05, 3.63) is 29.3 Å². The normalized spacial score (nSPS) is 13.4. The third-order valence-corrected chi connectivity index (χ3v) is 3.30. The summed E-state index contributed by atoms with van der Waals surface area (Å²) in [7, 11) is 0. The molecule has 1 unspecified atom stereocenters. The summed E-state index contributed by atoms with van der Waals surface area (Å²) in [6.07, 6.45) is 1.03. The van der Waals surface area contributed by atoms with E-state index in [9.17, 15) is 0 Å². The molecule has 19 heavy (non-hydrogen) atoms. The molecule has 0 saturated carbocycles. The lowest BCUT2D eigenvalue weighted by Crippen LogP contribution is -2.27. The van der Waals surface area contributed by atoms with Crippen LogP contribution in [0.25, 0.3) is 0 Å². The van der Waals surface area contributed by atoms with E-state index in [4.69, 9.17) is 4.74 Å². The summed E-state index contributed by atoms with van der Waals surface area (Å²) in [4.78, 5) is 0. The van der Waals surface area contributed by atoms with Gasteiger partial charge in [0.2, 0.25) is 0 Å². The van der Waals surface area contributed by atoms with Crippen molar-refractivity contribution in [1.29, 1.82) is 0 Å². The van der Waals surface area contributed by atoms with Crippen LogP contribution >= 0.6 is 0 Å². The van der Waals surface area contributed by atoms with E-state index in [2.05, 4.69) is 65.1 Å². The summed E-state index contributed by atoms with van der Waals surface area (Å²) >= 11 is 0. The molecular formula is C17H29NO. The highest BCUT2D eigenvalue weighted by atomic mass is 16.5. The number of benzene rings is 1. The van der Waals surface area contributed by atoms with Crippen LogP contribution in [0.3, 0.4) is 0 Å². The number of ether oxygens (including phenoxy) is 1. The van der Waals surface area contributed by atoms with Crippen molar-refractivity contribution in [2.75, 3.05) is 13.2 Å². The molecule has 1 atom stereocenters. The maximum absolute atomic E-state index is 6.00. The summed E-state index contributed by atoms with van der Waals surface area (Å²) in [5.41, 5.74) is 2.70. The Bertz CT molecular complexity index is 393. The smallest absolute Gasteiger partial charge is 0.123 e. The predicted octanol–water partition coefficient (Wildman–Crippen LogP) is 4.06. The molecule has 0 aromatic heterocycles. The van der Waals surface area contributed by atoms with Crippen molar-refractivity contribution in [3.8, 4) is 5.75 Å². The lowest BCUT2D eigenvalue weighted by molar-refractivity contribution is 0.284. The zero-order valence-electron chi connectivity index (χ0n) is 13.3. The molecule has 1 aromatic rings. The molecule has 0 aliphatic carbocycles. The zero-order valence-corrected chi connectivity index (χ0v) is 13.3. The van der Waals surface area contributed by atoms with Gasteiger partial charge in [0.05, 0.1) is 6.61 Å². The number of hydrogen-bond acceptors (Lipinski definition) is 2. The van der Waals surface area contributed by atoms with Gasteiger partial charge in [-0.3, -0.25) is 0 Å². The minimum atomic E-state index is 0.120. The van der Waals surface area contributed by atoms with Gasteiger partial charge in [0, 0.05) is 6.04 Å². The molecule has 0 fully saturated rings. The summed E-state index contributed by atoms with van der Waals surface area (Å²) in [5.74, 6) is 1.03. The van der Waals surface area contributed by atoms with Gasteiger partial charge in [-0.2, -0.15) is 0 Å². The average Bonchev–Trinajstić information content (AvgIpc) is 2.30. The zero-order chi connectivity index (χ0) is 14.5. The standard InChI is InChI=1S/C17H29NO/c1-7-18-14(3)10-11-19-16-9-8-13(2)12-15(16)17(4,5)6/h8-9,12,14,18H,7,10-11H2,1-6H3. The van der Waals surface area contributed by atoms with E-state index in [-0.39, 0.29) is 5.41 Å². The molecule has 0 bridgehead atoms. The van der Waals surface area contributed by atoms with E-state index < -0.39 is 0 Å². The molecule has 0 amide bonds. The number of nitrogens with one attached hydrogen (secondary N) is 1. The number of aryl methyl sites for hydroxylation is 1. The van der Waals surface area contributed by atoms with Gasteiger partial charge in [-0.1, -0.05) is 45.4 Å². The molecule has 0 aliphatic heterocycles. The van der Waals surface area contributed by atoms with Crippen molar-refractivity contribution in [2.45, 2.75) is 59.4 Å². The van der Waals surface area contributed by atoms with Gasteiger partial charge >= 0.3 is 0 Å². The van der Waals surface area contributed by atoms with E-state index in [0.717, 1.165) is 25.3 Å². The Morgan fingerprint density at radius 2 is 1.95 bits per heavy atom. The van der Waals surface area contributed by atoms with Gasteiger partial charge in [0.1, 0.15) is 5.75 Å². The van der Waals surface area contributed by atoms with Crippen molar-refractivity contribution >= 4 is 0 Å². The van der Waals surface area contributed by atoms with Crippen molar-refractivity contribution in [3.63, 3.8) is 0 Å². The maximum Gasteiger partial charge on any atom is 0.123 e. The maximum atomic E-state index is 6.00. The van der Waals surface area contributed by atoms with Crippen LogP contribution in [0.2, 0.25) is 0 Å². The van der Waals surface area contributed by atoms with Crippen LogP contribution < -0.4 is 10.1 Å². The Morgan fingerprint density at radius 3 is 2.53 bits per heavy atom. The highest BCUT2D eigenvalue weighted by molar-refractivity contribution is 5.41. The Hall–Kier alpha value is -1.02. The van der Waals surface area contributed by atoms with Gasteiger partial charge in [0.25, 0.3) is 0 Å². The van der Waals surface area contributed by atoms with E-state index in [1.165, 1.54) is 11.1 Å². The van der Waals surface area contributed by atoms with Gasteiger partial charge in [-0.15, -0.1) is 0 Å². The molecule has 1 N–H and O–H groups in total. The lowest BCUT2D eigenvalue weighted by Gasteiger charge is -2.24. The van der Waals surface area contributed by atoms with Crippen LogP contribution in [0.5, 0.6) is 5.75 Å². The molecule has 1 aromatic carbocycles. The number of rotatable bonds is 6. The lowest BCUT2D eigenvalue weighted by atomic mass is 9.85. The average molecular weight is 263 g/mol. The fourth-order valence-corrected chi connectivity index (χ4v) is 2.15. The molecular weight excluding hydrogens is 234 g/mol. The molecule has 2 heteroatoms.